The van der Waals surface area contributed by atoms with E-state index in [0.717, 1.165) is 21.5 Å². The molecule has 2 N–H and O–H groups in total. The Kier molecular flexibility index (Phi) is 6.50. The summed E-state index contributed by atoms with van der Waals surface area (Å²) in [5, 5.41) is 12.1. The Bertz CT molecular complexity index is 417. The molecule has 0 aliphatic heterocycles. The molecule has 0 aliphatic rings. The zero-order valence-electron chi connectivity index (χ0n) is 11.7. The van der Waals surface area contributed by atoms with Gasteiger partial charge in [-0.1, -0.05) is 13.8 Å². The van der Waals surface area contributed by atoms with Gasteiger partial charge in [0.1, 0.15) is 0 Å². The third kappa shape index (κ3) is 5.63. The van der Waals surface area contributed by atoms with Crippen LogP contribution in [-0.4, -0.2) is 24.2 Å². The van der Waals surface area contributed by atoms with Crippen molar-refractivity contribution in [2.45, 2.75) is 39.5 Å². The number of hydrogen-bond donors (Lipinski definition) is 2. The maximum absolute atomic E-state index is 12.0. The van der Waals surface area contributed by atoms with Gasteiger partial charge in [-0.15, -0.1) is 11.3 Å². The fourth-order valence-corrected chi connectivity index (χ4v) is 3.17. The van der Waals surface area contributed by atoms with Crippen LogP contribution in [0.1, 0.15) is 44.4 Å². The van der Waals surface area contributed by atoms with E-state index in [9.17, 15) is 4.79 Å². The van der Waals surface area contributed by atoms with Gasteiger partial charge in [-0.2, -0.15) is 0 Å². The highest BCUT2D eigenvalue weighted by Gasteiger charge is 2.18. The predicted octanol–water partition coefficient (Wildman–Crippen LogP) is 3.53. The molecule has 19 heavy (non-hydrogen) atoms. The molecule has 1 atom stereocenters. The lowest BCUT2D eigenvalue weighted by Gasteiger charge is -2.21. The normalized spacial score (nSPS) is 13.3. The van der Waals surface area contributed by atoms with Gasteiger partial charge in [-0.3, -0.25) is 4.79 Å². The van der Waals surface area contributed by atoms with E-state index in [0.29, 0.717) is 6.54 Å². The van der Waals surface area contributed by atoms with Gasteiger partial charge in [0.05, 0.1) is 9.70 Å². The van der Waals surface area contributed by atoms with E-state index in [-0.39, 0.29) is 23.8 Å². The third-order valence-corrected chi connectivity index (χ3v) is 4.98. The summed E-state index contributed by atoms with van der Waals surface area (Å²) in [7, 11) is 0. The van der Waals surface area contributed by atoms with E-state index in [2.05, 4.69) is 21.2 Å². The molecule has 1 aromatic rings. The second-order valence-electron chi connectivity index (χ2n) is 5.58. The van der Waals surface area contributed by atoms with E-state index in [1.807, 2.05) is 32.9 Å². The largest absolute Gasteiger partial charge is 0.396 e. The van der Waals surface area contributed by atoms with Crippen LogP contribution in [0.25, 0.3) is 0 Å². The number of hydrogen-bond acceptors (Lipinski definition) is 3. The van der Waals surface area contributed by atoms with Gasteiger partial charge in [-0.05, 0) is 53.2 Å². The highest BCUT2D eigenvalue weighted by atomic mass is 79.9. The second-order valence-corrected chi connectivity index (χ2v) is 8.08. The first-order valence-corrected chi connectivity index (χ1v) is 8.10. The summed E-state index contributed by atoms with van der Waals surface area (Å²) in [4.78, 5) is 13.0. The lowest BCUT2D eigenvalue weighted by Crippen LogP contribution is -2.29. The molecular weight excluding hydrogens is 326 g/mol. The Morgan fingerprint density at radius 1 is 1.53 bits per heavy atom. The SMILES string of the molecule is CC(C(=O)NCCCC(C)(C)CO)c1ccc(Br)s1. The average molecular weight is 348 g/mol. The molecule has 0 radical (unpaired) electrons. The molecular formula is C14H22BrNO2S. The van der Waals surface area contributed by atoms with E-state index in [4.69, 9.17) is 5.11 Å². The smallest absolute Gasteiger partial charge is 0.228 e. The minimum atomic E-state index is -0.109. The van der Waals surface area contributed by atoms with Crippen LogP contribution in [0.15, 0.2) is 15.9 Å². The number of carbonyl (C=O) groups is 1. The predicted molar refractivity (Wildman–Crippen MR) is 83.5 cm³/mol. The van der Waals surface area contributed by atoms with Gasteiger partial charge in [0.25, 0.3) is 0 Å². The Balaban J connectivity index is 2.32. The number of thiophene rings is 1. The first-order valence-electron chi connectivity index (χ1n) is 6.49. The van der Waals surface area contributed by atoms with Crippen molar-refractivity contribution < 1.29 is 9.90 Å². The summed E-state index contributed by atoms with van der Waals surface area (Å²) >= 11 is 5.00. The summed E-state index contributed by atoms with van der Waals surface area (Å²) in [5.74, 6) is -0.0432. The van der Waals surface area contributed by atoms with Crippen molar-refractivity contribution in [3.8, 4) is 0 Å². The van der Waals surface area contributed by atoms with Crippen LogP contribution in [0.4, 0.5) is 0 Å². The van der Waals surface area contributed by atoms with Gasteiger partial charge in [0.2, 0.25) is 5.91 Å². The highest BCUT2D eigenvalue weighted by molar-refractivity contribution is 9.11. The number of aliphatic hydroxyl groups is 1. The number of amides is 1. The molecule has 1 heterocycles. The molecule has 3 nitrogen and oxygen atoms in total. The molecule has 1 amide bonds. The van der Waals surface area contributed by atoms with Crippen LogP contribution in [0.5, 0.6) is 0 Å². The van der Waals surface area contributed by atoms with Crippen LogP contribution in [0, 0.1) is 5.41 Å². The number of halogens is 1. The third-order valence-electron chi connectivity index (χ3n) is 3.17. The van der Waals surface area contributed by atoms with Crippen LogP contribution < -0.4 is 5.32 Å². The van der Waals surface area contributed by atoms with E-state index in [1.54, 1.807) is 11.3 Å². The van der Waals surface area contributed by atoms with Crippen molar-refractivity contribution in [2.75, 3.05) is 13.2 Å². The van der Waals surface area contributed by atoms with Gasteiger partial charge >= 0.3 is 0 Å². The summed E-state index contributed by atoms with van der Waals surface area (Å²) in [6.45, 7) is 6.83. The van der Waals surface area contributed by atoms with E-state index in [1.165, 1.54) is 0 Å². The summed E-state index contributed by atoms with van der Waals surface area (Å²) < 4.78 is 1.05. The Morgan fingerprint density at radius 2 is 2.21 bits per heavy atom. The first-order chi connectivity index (χ1) is 8.85. The van der Waals surface area contributed by atoms with Crippen LogP contribution in [0.3, 0.4) is 0 Å². The van der Waals surface area contributed by atoms with Crippen molar-refractivity contribution in [2.24, 2.45) is 5.41 Å². The molecule has 1 rings (SSSR count). The molecule has 108 valence electrons. The molecule has 1 aromatic heterocycles. The molecule has 0 aromatic carbocycles. The summed E-state index contributed by atoms with van der Waals surface area (Å²) in [5.41, 5.74) is -0.0606. The Hall–Kier alpha value is -0.390. The highest BCUT2D eigenvalue weighted by Crippen LogP contribution is 2.28. The molecule has 0 spiro atoms. The van der Waals surface area contributed by atoms with Gasteiger partial charge in [0.15, 0.2) is 0 Å². The Labute approximate surface area is 127 Å². The quantitative estimate of drug-likeness (QED) is 0.741. The molecule has 5 heteroatoms. The number of rotatable bonds is 7. The zero-order valence-corrected chi connectivity index (χ0v) is 14.1. The Morgan fingerprint density at radius 3 is 2.74 bits per heavy atom. The maximum atomic E-state index is 12.0. The minimum absolute atomic E-state index is 0.0606. The van der Waals surface area contributed by atoms with Crippen LogP contribution in [0.2, 0.25) is 0 Å². The number of aliphatic hydroxyl groups excluding tert-OH is 1. The fraction of sp³-hybridized carbons (Fsp3) is 0.643. The minimum Gasteiger partial charge on any atom is -0.396 e. The topological polar surface area (TPSA) is 49.3 Å². The van der Waals surface area contributed by atoms with Gasteiger partial charge in [0, 0.05) is 18.0 Å². The van der Waals surface area contributed by atoms with Crippen LogP contribution >= 0.6 is 27.3 Å². The maximum Gasteiger partial charge on any atom is 0.228 e. The standard InChI is InChI=1S/C14H22BrNO2S/c1-10(11-5-6-12(15)19-11)13(18)16-8-4-7-14(2,3)9-17/h5-6,10,17H,4,7-9H2,1-3H3,(H,16,18). The number of carbonyl (C=O) groups excluding carboxylic acids is 1. The summed E-state index contributed by atoms with van der Waals surface area (Å²) in [6.07, 6.45) is 1.79. The first kappa shape index (κ1) is 16.7. The second kappa shape index (κ2) is 7.41. The average Bonchev–Trinajstić information content (AvgIpc) is 2.80. The summed E-state index contributed by atoms with van der Waals surface area (Å²) in [6, 6.07) is 3.95. The van der Waals surface area contributed by atoms with Gasteiger partial charge < -0.3 is 10.4 Å². The van der Waals surface area contributed by atoms with Crippen molar-refractivity contribution in [3.05, 3.63) is 20.8 Å². The van der Waals surface area contributed by atoms with Crippen molar-refractivity contribution in [3.63, 3.8) is 0 Å². The lowest BCUT2D eigenvalue weighted by molar-refractivity contribution is -0.122. The van der Waals surface area contributed by atoms with E-state index >= 15 is 0 Å². The van der Waals surface area contributed by atoms with Gasteiger partial charge in [-0.25, -0.2) is 0 Å². The molecule has 1 unspecified atom stereocenters. The molecule has 0 bridgehead atoms. The van der Waals surface area contributed by atoms with Crippen molar-refractivity contribution in [1.82, 2.24) is 5.32 Å². The molecule has 0 fully saturated rings. The van der Waals surface area contributed by atoms with Crippen molar-refractivity contribution >= 4 is 33.2 Å². The molecule has 0 saturated heterocycles. The zero-order chi connectivity index (χ0) is 14.5. The van der Waals surface area contributed by atoms with E-state index < -0.39 is 0 Å². The lowest BCUT2D eigenvalue weighted by atomic mass is 9.89. The fourth-order valence-electron chi connectivity index (χ4n) is 1.70. The van der Waals surface area contributed by atoms with Crippen molar-refractivity contribution in [1.29, 1.82) is 0 Å². The number of nitrogens with one attached hydrogen (secondary N) is 1. The molecule has 0 saturated carbocycles. The van der Waals surface area contributed by atoms with Crippen LogP contribution in [-0.2, 0) is 4.79 Å². The molecule has 0 aliphatic carbocycles. The monoisotopic (exact) mass is 347 g/mol.